The van der Waals surface area contributed by atoms with E-state index in [1.807, 2.05) is 6.07 Å². The fraction of sp³-hybridized carbons (Fsp3) is 0.417. The molecule has 0 aromatic carbocycles. The van der Waals surface area contributed by atoms with Gasteiger partial charge in [0.25, 0.3) is 0 Å². The van der Waals surface area contributed by atoms with Crippen molar-refractivity contribution in [3.63, 3.8) is 0 Å². The fourth-order valence-corrected chi connectivity index (χ4v) is 1.97. The standard InChI is InChI=1S/C12H15N3O2/c1-8(2)15-10-5-6-13-7-9(10)14-11(15)3-4-12(16)17/h5-8H,3-4H2,1-2H3,(H,16,17). The van der Waals surface area contributed by atoms with Crippen molar-refractivity contribution in [3.8, 4) is 0 Å². The smallest absolute Gasteiger partial charge is 0.303 e. The molecular formula is C12H15N3O2. The van der Waals surface area contributed by atoms with Gasteiger partial charge in [0.15, 0.2) is 0 Å². The van der Waals surface area contributed by atoms with Crippen molar-refractivity contribution in [1.82, 2.24) is 14.5 Å². The third kappa shape index (κ3) is 2.27. The van der Waals surface area contributed by atoms with E-state index < -0.39 is 5.97 Å². The van der Waals surface area contributed by atoms with Gasteiger partial charge in [0.1, 0.15) is 11.3 Å². The van der Waals surface area contributed by atoms with E-state index in [1.54, 1.807) is 12.4 Å². The molecule has 5 heteroatoms. The number of hydrogen-bond acceptors (Lipinski definition) is 3. The maximum absolute atomic E-state index is 10.6. The lowest BCUT2D eigenvalue weighted by molar-refractivity contribution is -0.137. The molecule has 0 aliphatic heterocycles. The van der Waals surface area contributed by atoms with Gasteiger partial charge < -0.3 is 9.67 Å². The van der Waals surface area contributed by atoms with Crippen LogP contribution in [0.4, 0.5) is 0 Å². The van der Waals surface area contributed by atoms with Crippen molar-refractivity contribution in [2.24, 2.45) is 0 Å². The molecule has 0 atom stereocenters. The first-order valence-corrected chi connectivity index (χ1v) is 5.62. The van der Waals surface area contributed by atoms with E-state index in [2.05, 4.69) is 28.4 Å². The third-order valence-electron chi connectivity index (χ3n) is 2.64. The number of aromatic nitrogens is 3. The summed E-state index contributed by atoms with van der Waals surface area (Å²) < 4.78 is 2.07. The number of hydrogen-bond donors (Lipinski definition) is 1. The van der Waals surface area contributed by atoms with Gasteiger partial charge in [-0.25, -0.2) is 4.98 Å². The van der Waals surface area contributed by atoms with Gasteiger partial charge in [0, 0.05) is 18.7 Å². The summed E-state index contributed by atoms with van der Waals surface area (Å²) in [5.41, 5.74) is 1.83. The van der Waals surface area contributed by atoms with Crippen LogP contribution < -0.4 is 0 Å². The second-order valence-electron chi connectivity index (χ2n) is 4.25. The monoisotopic (exact) mass is 233 g/mol. The summed E-state index contributed by atoms with van der Waals surface area (Å²) in [6.07, 6.45) is 3.98. The Morgan fingerprint density at radius 3 is 2.94 bits per heavy atom. The Balaban J connectivity index is 2.46. The van der Waals surface area contributed by atoms with Gasteiger partial charge in [0.05, 0.1) is 18.1 Å². The van der Waals surface area contributed by atoms with Gasteiger partial charge in [0.2, 0.25) is 0 Å². The Morgan fingerprint density at radius 2 is 2.29 bits per heavy atom. The van der Waals surface area contributed by atoms with Gasteiger partial charge in [-0.05, 0) is 19.9 Å². The van der Waals surface area contributed by atoms with E-state index in [9.17, 15) is 4.79 Å². The average Bonchev–Trinajstić information content (AvgIpc) is 2.64. The van der Waals surface area contributed by atoms with Gasteiger partial charge in [-0.1, -0.05) is 0 Å². The Morgan fingerprint density at radius 1 is 1.53 bits per heavy atom. The number of carbonyl (C=O) groups is 1. The highest BCUT2D eigenvalue weighted by molar-refractivity contribution is 5.75. The second kappa shape index (κ2) is 4.53. The molecule has 5 nitrogen and oxygen atoms in total. The van der Waals surface area contributed by atoms with Crippen molar-refractivity contribution in [2.75, 3.05) is 0 Å². The van der Waals surface area contributed by atoms with Crippen LogP contribution in [0, 0.1) is 0 Å². The van der Waals surface area contributed by atoms with Crippen LogP contribution in [0.2, 0.25) is 0 Å². The van der Waals surface area contributed by atoms with Crippen LogP contribution in [-0.4, -0.2) is 25.6 Å². The highest BCUT2D eigenvalue weighted by Crippen LogP contribution is 2.20. The van der Waals surface area contributed by atoms with Gasteiger partial charge in [-0.3, -0.25) is 9.78 Å². The minimum Gasteiger partial charge on any atom is -0.481 e. The highest BCUT2D eigenvalue weighted by Gasteiger charge is 2.13. The zero-order valence-corrected chi connectivity index (χ0v) is 9.92. The summed E-state index contributed by atoms with van der Waals surface area (Å²) in [5, 5.41) is 8.73. The largest absolute Gasteiger partial charge is 0.481 e. The van der Waals surface area contributed by atoms with Gasteiger partial charge in [-0.15, -0.1) is 0 Å². The van der Waals surface area contributed by atoms with Crippen molar-refractivity contribution < 1.29 is 9.90 Å². The van der Waals surface area contributed by atoms with E-state index in [0.717, 1.165) is 16.9 Å². The number of fused-ring (bicyclic) bond motifs is 1. The molecule has 2 aromatic rings. The summed E-state index contributed by atoms with van der Waals surface area (Å²) in [7, 11) is 0. The molecule has 1 N–H and O–H groups in total. The van der Waals surface area contributed by atoms with Gasteiger partial charge in [-0.2, -0.15) is 0 Å². The lowest BCUT2D eigenvalue weighted by Gasteiger charge is -2.12. The van der Waals surface area contributed by atoms with E-state index in [4.69, 9.17) is 5.11 Å². The van der Waals surface area contributed by atoms with Crippen molar-refractivity contribution >= 4 is 17.0 Å². The zero-order chi connectivity index (χ0) is 12.4. The summed E-state index contributed by atoms with van der Waals surface area (Å²) in [6, 6.07) is 2.17. The number of aliphatic carboxylic acids is 1. The highest BCUT2D eigenvalue weighted by atomic mass is 16.4. The Bertz CT molecular complexity index is 546. The maximum Gasteiger partial charge on any atom is 0.303 e. The SMILES string of the molecule is CC(C)n1c(CCC(=O)O)nc2cnccc21. The molecule has 0 fully saturated rings. The lowest BCUT2D eigenvalue weighted by atomic mass is 10.2. The Kier molecular flexibility index (Phi) is 3.08. The number of aryl methyl sites for hydroxylation is 1. The molecule has 0 bridgehead atoms. The van der Waals surface area contributed by atoms with Crippen LogP contribution in [0.25, 0.3) is 11.0 Å². The average molecular weight is 233 g/mol. The Hall–Kier alpha value is -1.91. The minimum atomic E-state index is -0.800. The maximum atomic E-state index is 10.6. The molecule has 0 saturated carbocycles. The van der Waals surface area contributed by atoms with Crippen LogP contribution in [0.1, 0.15) is 32.1 Å². The first kappa shape index (κ1) is 11.6. The quantitative estimate of drug-likeness (QED) is 0.877. The van der Waals surface area contributed by atoms with Crippen molar-refractivity contribution in [2.45, 2.75) is 32.7 Å². The van der Waals surface area contributed by atoms with E-state index >= 15 is 0 Å². The predicted octanol–water partition coefficient (Wildman–Crippen LogP) is 2.03. The minimum absolute atomic E-state index is 0.101. The van der Waals surface area contributed by atoms with Crippen LogP contribution in [0.15, 0.2) is 18.5 Å². The molecule has 0 amide bonds. The normalized spacial score (nSPS) is 11.2. The molecule has 0 aliphatic rings. The van der Waals surface area contributed by atoms with Crippen LogP contribution >= 0.6 is 0 Å². The summed E-state index contributed by atoms with van der Waals surface area (Å²) in [5.74, 6) is 0.0101. The molecule has 0 radical (unpaired) electrons. The first-order chi connectivity index (χ1) is 8.09. The zero-order valence-electron chi connectivity index (χ0n) is 9.92. The molecule has 2 rings (SSSR count). The van der Waals surface area contributed by atoms with Crippen LogP contribution in [0.3, 0.4) is 0 Å². The third-order valence-corrected chi connectivity index (χ3v) is 2.64. The summed E-state index contributed by atoms with van der Waals surface area (Å²) in [4.78, 5) is 19.1. The molecule has 2 aromatic heterocycles. The number of pyridine rings is 1. The number of imidazole rings is 1. The molecule has 0 spiro atoms. The number of rotatable bonds is 4. The van der Waals surface area contributed by atoms with E-state index in [1.165, 1.54) is 0 Å². The molecule has 90 valence electrons. The molecular weight excluding hydrogens is 218 g/mol. The van der Waals surface area contributed by atoms with Crippen LogP contribution in [0.5, 0.6) is 0 Å². The second-order valence-corrected chi connectivity index (χ2v) is 4.25. The van der Waals surface area contributed by atoms with Crippen LogP contribution in [-0.2, 0) is 11.2 Å². The fourth-order valence-electron chi connectivity index (χ4n) is 1.97. The Labute approximate surface area is 99.1 Å². The lowest BCUT2D eigenvalue weighted by Crippen LogP contribution is -2.08. The summed E-state index contributed by atoms with van der Waals surface area (Å²) in [6.45, 7) is 4.12. The van der Waals surface area contributed by atoms with Crippen molar-refractivity contribution in [3.05, 3.63) is 24.3 Å². The molecule has 0 saturated heterocycles. The van der Waals surface area contributed by atoms with Crippen molar-refractivity contribution in [1.29, 1.82) is 0 Å². The molecule has 0 unspecified atom stereocenters. The first-order valence-electron chi connectivity index (χ1n) is 5.62. The number of carboxylic acids is 1. The van der Waals surface area contributed by atoms with E-state index in [-0.39, 0.29) is 12.5 Å². The predicted molar refractivity (Wildman–Crippen MR) is 63.9 cm³/mol. The molecule has 2 heterocycles. The summed E-state index contributed by atoms with van der Waals surface area (Å²) >= 11 is 0. The van der Waals surface area contributed by atoms with E-state index in [0.29, 0.717) is 6.42 Å². The number of carboxylic acid groups (broad SMARTS) is 1. The van der Waals surface area contributed by atoms with Gasteiger partial charge >= 0.3 is 5.97 Å². The topological polar surface area (TPSA) is 68.0 Å². The number of nitrogens with zero attached hydrogens (tertiary/aromatic N) is 3. The molecule has 0 aliphatic carbocycles. The molecule has 17 heavy (non-hydrogen) atoms.